The summed E-state index contributed by atoms with van der Waals surface area (Å²) >= 11 is 0. The van der Waals surface area contributed by atoms with Gasteiger partial charge < -0.3 is 29.7 Å². The molecule has 1 heterocycles. The van der Waals surface area contributed by atoms with Gasteiger partial charge in [0.1, 0.15) is 5.60 Å². The number of ether oxygens (including phenoxy) is 3. The van der Waals surface area contributed by atoms with Crippen LogP contribution in [0.5, 0.6) is 11.5 Å². The van der Waals surface area contributed by atoms with E-state index in [9.17, 15) is 4.79 Å². The number of alkyl carbamates (subject to hydrolysis) is 1. The van der Waals surface area contributed by atoms with Crippen LogP contribution >= 0.6 is 24.0 Å². The molecule has 1 unspecified atom stereocenters. The highest BCUT2D eigenvalue weighted by molar-refractivity contribution is 14.0. The summed E-state index contributed by atoms with van der Waals surface area (Å²) in [5.41, 5.74) is 0.567. The smallest absolute Gasteiger partial charge is 0.407 e. The van der Waals surface area contributed by atoms with Crippen LogP contribution < -0.4 is 20.1 Å². The molecule has 0 bridgehead atoms. The van der Waals surface area contributed by atoms with Gasteiger partial charge >= 0.3 is 6.09 Å². The lowest BCUT2D eigenvalue weighted by atomic mass is 10.2. The van der Waals surface area contributed by atoms with Crippen molar-refractivity contribution in [1.82, 2.24) is 15.5 Å². The van der Waals surface area contributed by atoms with E-state index >= 15 is 0 Å². The zero-order valence-electron chi connectivity index (χ0n) is 19.5. The van der Waals surface area contributed by atoms with Gasteiger partial charge in [0.2, 0.25) is 0 Å². The van der Waals surface area contributed by atoms with E-state index in [0.717, 1.165) is 42.4 Å². The predicted octanol–water partition coefficient (Wildman–Crippen LogP) is 3.78. The molecule has 0 aliphatic carbocycles. The molecule has 1 aliphatic rings. The molecule has 1 aromatic carbocycles. The zero-order chi connectivity index (χ0) is 22.1. The molecule has 0 spiro atoms. The SMILES string of the molecule is CCCOc1ccc(CNC(=NC)N2CCC(NC(=O)OC(C)(C)C)C2)cc1OC.I. The Balaban J connectivity index is 0.00000480. The number of amides is 1. The van der Waals surface area contributed by atoms with Crippen molar-refractivity contribution in [3.63, 3.8) is 0 Å². The monoisotopic (exact) mass is 548 g/mol. The third kappa shape index (κ3) is 9.00. The van der Waals surface area contributed by atoms with E-state index in [0.29, 0.717) is 19.7 Å². The van der Waals surface area contributed by atoms with Crippen molar-refractivity contribution >= 4 is 36.0 Å². The predicted molar refractivity (Wildman–Crippen MR) is 134 cm³/mol. The number of hydrogen-bond acceptors (Lipinski definition) is 5. The molecule has 1 aromatic rings. The normalized spacial score (nSPS) is 16.4. The Labute approximate surface area is 203 Å². The van der Waals surface area contributed by atoms with Gasteiger partial charge in [-0.3, -0.25) is 4.99 Å². The summed E-state index contributed by atoms with van der Waals surface area (Å²) in [5, 5.41) is 6.33. The maximum atomic E-state index is 12.0. The first-order valence-corrected chi connectivity index (χ1v) is 10.5. The fourth-order valence-corrected chi connectivity index (χ4v) is 3.21. The van der Waals surface area contributed by atoms with Crippen molar-refractivity contribution in [3.05, 3.63) is 23.8 Å². The molecule has 1 fully saturated rings. The Morgan fingerprint density at radius 1 is 1.29 bits per heavy atom. The van der Waals surface area contributed by atoms with E-state index in [4.69, 9.17) is 14.2 Å². The van der Waals surface area contributed by atoms with Crippen LogP contribution in [0.1, 0.15) is 46.1 Å². The number of aliphatic imine (C=N–C) groups is 1. The maximum Gasteiger partial charge on any atom is 0.407 e. The van der Waals surface area contributed by atoms with Crippen LogP contribution in [0.3, 0.4) is 0 Å². The number of nitrogens with one attached hydrogen (secondary N) is 2. The van der Waals surface area contributed by atoms with Gasteiger partial charge in [0.15, 0.2) is 17.5 Å². The average Bonchev–Trinajstić information content (AvgIpc) is 3.13. The van der Waals surface area contributed by atoms with E-state index in [-0.39, 0.29) is 36.1 Å². The van der Waals surface area contributed by atoms with Crippen molar-refractivity contribution in [3.8, 4) is 11.5 Å². The van der Waals surface area contributed by atoms with Crippen LogP contribution in [0.15, 0.2) is 23.2 Å². The number of methoxy groups -OCH3 is 1. The number of carbonyl (C=O) groups excluding carboxylic acids is 1. The topological polar surface area (TPSA) is 84.4 Å². The number of hydrogen-bond donors (Lipinski definition) is 2. The summed E-state index contributed by atoms with van der Waals surface area (Å²) in [4.78, 5) is 18.5. The molecule has 31 heavy (non-hydrogen) atoms. The number of rotatable bonds is 7. The molecule has 1 saturated heterocycles. The van der Waals surface area contributed by atoms with Gasteiger partial charge in [0, 0.05) is 26.7 Å². The molecule has 2 rings (SSSR count). The largest absolute Gasteiger partial charge is 0.493 e. The lowest BCUT2D eigenvalue weighted by molar-refractivity contribution is 0.0507. The van der Waals surface area contributed by atoms with E-state index in [1.165, 1.54) is 0 Å². The Kier molecular flexibility index (Phi) is 11.2. The van der Waals surface area contributed by atoms with Gasteiger partial charge in [-0.05, 0) is 51.3 Å². The molecule has 0 radical (unpaired) electrons. The quantitative estimate of drug-likeness (QED) is 0.307. The second-order valence-electron chi connectivity index (χ2n) is 8.31. The molecular weight excluding hydrogens is 511 g/mol. The first-order chi connectivity index (χ1) is 14.3. The van der Waals surface area contributed by atoms with Crippen molar-refractivity contribution in [2.24, 2.45) is 4.99 Å². The molecule has 2 N–H and O–H groups in total. The second-order valence-corrected chi connectivity index (χ2v) is 8.31. The van der Waals surface area contributed by atoms with Crippen LogP contribution in [0.4, 0.5) is 4.79 Å². The summed E-state index contributed by atoms with van der Waals surface area (Å²) in [6.45, 7) is 10.4. The van der Waals surface area contributed by atoms with Gasteiger partial charge in [0.25, 0.3) is 0 Å². The van der Waals surface area contributed by atoms with E-state index in [1.807, 2.05) is 39.0 Å². The van der Waals surface area contributed by atoms with Crippen LogP contribution in [0, 0.1) is 0 Å². The molecular formula is C22H37IN4O4. The van der Waals surface area contributed by atoms with Gasteiger partial charge in [0.05, 0.1) is 19.8 Å². The number of guanidine groups is 1. The van der Waals surface area contributed by atoms with E-state index < -0.39 is 5.60 Å². The highest BCUT2D eigenvalue weighted by Gasteiger charge is 2.27. The van der Waals surface area contributed by atoms with Crippen LogP contribution in [0.2, 0.25) is 0 Å². The van der Waals surface area contributed by atoms with Crippen molar-refractivity contribution < 1.29 is 19.0 Å². The van der Waals surface area contributed by atoms with Gasteiger partial charge in [-0.25, -0.2) is 4.79 Å². The Morgan fingerprint density at radius 2 is 2.03 bits per heavy atom. The molecule has 176 valence electrons. The van der Waals surface area contributed by atoms with E-state index in [2.05, 4.69) is 27.4 Å². The molecule has 0 saturated carbocycles. The molecule has 9 heteroatoms. The number of benzene rings is 1. The summed E-state index contributed by atoms with van der Waals surface area (Å²) in [7, 11) is 3.41. The van der Waals surface area contributed by atoms with Crippen molar-refractivity contribution in [1.29, 1.82) is 0 Å². The fraction of sp³-hybridized carbons (Fsp3) is 0.636. The minimum atomic E-state index is -0.502. The summed E-state index contributed by atoms with van der Waals surface area (Å²) < 4.78 is 16.5. The molecule has 1 amide bonds. The average molecular weight is 548 g/mol. The third-order valence-corrected chi connectivity index (χ3v) is 4.56. The molecule has 1 aliphatic heterocycles. The third-order valence-electron chi connectivity index (χ3n) is 4.56. The minimum absolute atomic E-state index is 0. The van der Waals surface area contributed by atoms with Gasteiger partial charge in [-0.1, -0.05) is 13.0 Å². The summed E-state index contributed by atoms with van der Waals surface area (Å²) in [5.74, 6) is 2.28. The fourth-order valence-electron chi connectivity index (χ4n) is 3.21. The Hall–Kier alpha value is -1.91. The van der Waals surface area contributed by atoms with Crippen LogP contribution in [-0.2, 0) is 11.3 Å². The van der Waals surface area contributed by atoms with Crippen molar-refractivity contribution in [2.45, 2.75) is 58.7 Å². The van der Waals surface area contributed by atoms with Gasteiger partial charge in [-0.2, -0.15) is 0 Å². The standard InChI is InChI=1S/C22H36N4O4.HI/c1-7-12-29-18-9-8-16(13-19(18)28-6)14-24-20(23-5)26-11-10-17(15-26)25-21(27)30-22(2,3)4;/h8-9,13,17H,7,10-12,14-15H2,1-6H3,(H,23,24)(H,25,27);1H. The summed E-state index contributed by atoms with van der Waals surface area (Å²) in [6, 6.07) is 5.96. The number of halogens is 1. The minimum Gasteiger partial charge on any atom is -0.493 e. The highest BCUT2D eigenvalue weighted by atomic mass is 127. The van der Waals surface area contributed by atoms with Crippen LogP contribution in [-0.4, -0.2) is 62.4 Å². The van der Waals surface area contributed by atoms with Crippen LogP contribution in [0.25, 0.3) is 0 Å². The number of nitrogens with zero attached hydrogens (tertiary/aromatic N) is 2. The summed E-state index contributed by atoms with van der Waals surface area (Å²) in [6.07, 6.45) is 1.41. The molecule has 1 atom stereocenters. The zero-order valence-corrected chi connectivity index (χ0v) is 21.8. The highest BCUT2D eigenvalue weighted by Crippen LogP contribution is 2.28. The molecule has 0 aromatic heterocycles. The Morgan fingerprint density at radius 3 is 2.65 bits per heavy atom. The number of carbonyl (C=O) groups is 1. The van der Waals surface area contributed by atoms with Crippen molar-refractivity contribution in [2.75, 3.05) is 33.9 Å². The Bertz CT molecular complexity index is 737. The lowest BCUT2D eigenvalue weighted by Gasteiger charge is -2.23. The number of likely N-dealkylation sites (tertiary alicyclic amines) is 1. The maximum absolute atomic E-state index is 12.0. The lowest BCUT2D eigenvalue weighted by Crippen LogP contribution is -2.44. The molecule has 8 nitrogen and oxygen atoms in total. The first kappa shape index (κ1) is 27.1. The first-order valence-electron chi connectivity index (χ1n) is 10.5. The van der Waals surface area contributed by atoms with Gasteiger partial charge in [-0.15, -0.1) is 24.0 Å². The second kappa shape index (κ2) is 12.8. The van der Waals surface area contributed by atoms with E-state index in [1.54, 1.807) is 14.2 Å².